The van der Waals surface area contributed by atoms with E-state index in [4.69, 9.17) is 10.2 Å². The molecule has 21 heavy (non-hydrogen) atoms. The topological polar surface area (TPSA) is 158 Å². The smallest absolute Gasteiger partial charge is 0.337 e. The van der Waals surface area contributed by atoms with Crippen LogP contribution >= 0.6 is 0 Å². The summed E-state index contributed by atoms with van der Waals surface area (Å²) in [4.78, 5) is 20.7. The third kappa shape index (κ3) is 2.88. The molecule has 0 bridgehead atoms. The summed E-state index contributed by atoms with van der Waals surface area (Å²) >= 11 is 0. The zero-order chi connectivity index (χ0) is 15.8. The molecule has 2 aromatic rings. The van der Waals surface area contributed by atoms with Gasteiger partial charge in [-0.1, -0.05) is 0 Å². The lowest BCUT2D eigenvalue weighted by molar-refractivity contribution is -0.384. The quantitative estimate of drug-likeness (QED) is 0.599. The van der Waals surface area contributed by atoms with Gasteiger partial charge in [-0.25, -0.2) is 23.0 Å². The van der Waals surface area contributed by atoms with Crippen molar-refractivity contribution >= 4 is 21.7 Å². The highest BCUT2D eigenvalue weighted by molar-refractivity contribution is 7.89. The van der Waals surface area contributed by atoms with Crippen LogP contribution in [0, 0.1) is 10.1 Å². The van der Waals surface area contributed by atoms with Crippen molar-refractivity contribution in [3.05, 3.63) is 46.3 Å². The van der Waals surface area contributed by atoms with E-state index in [1.165, 1.54) is 0 Å². The second kappa shape index (κ2) is 4.96. The molecule has 0 unspecified atom stereocenters. The number of benzene rings is 1. The van der Waals surface area contributed by atoms with Gasteiger partial charge in [0.1, 0.15) is 12.4 Å². The average Bonchev–Trinajstić information content (AvgIpc) is 2.86. The summed E-state index contributed by atoms with van der Waals surface area (Å²) in [7, 11) is -4.07. The molecule has 0 aliphatic rings. The zero-order valence-electron chi connectivity index (χ0n) is 10.2. The Hall–Kier alpha value is -2.79. The first-order chi connectivity index (χ1) is 9.70. The molecule has 0 radical (unpaired) electrons. The molecule has 0 saturated carbocycles. The van der Waals surface area contributed by atoms with Crippen LogP contribution in [0.5, 0.6) is 0 Å². The van der Waals surface area contributed by atoms with Crippen LogP contribution in [-0.4, -0.2) is 34.2 Å². The molecular weight excluding hydrogens is 304 g/mol. The van der Waals surface area contributed by atoms with Gasteiger partial charge in [-0.3, -0.25) is 10.1 Å². The number of carbonyl (C=O) groups is 1. The van der Waals surface area contributed by atoms with Gasteiger partial charge in [0.05, 0.1) is 21.1 Å². The van der Waals surface area contributed by atoms with Gasteiger partial charge in [-0.2, -0.15) is 5.10 Å². The van der Waals surface area contributed by atoms with Crippen molar-refractivity contribution in [2.45, 2.75) is 4.90 Å². The van der Waals surface area contributed by atoms with Crippen molar-refractivity contribution < 1.29 is 23.2 Å². The number of primary sulfonamides is 1. The Kier molecular flexibility index (Phi) is 3.45. The summed E-state index contributed by atoms with van der Waals surface area (Å²) < 4.78 is 23.4. The molecule has 1 aromatic heterocycles. The summed E-state index contributed by atoms with van der Waals surface area (Å²) in [5, 5.41) is 28.3. The molecule has 0 saturated heterocycles. The van der Waals surface area contributed by atoms with E-state index < -0.39 is 26.5 Å². The van der Waals surface area contributed by atoms with Crippen LogP contribution in [-0.2, 0) is 10.0 Å². The molecule has 1 aromatic carbocycles. The number of nitrogens with two attached hydrogens (primary N) is 1. The third-order valence-electron chi connectivity index (χ3n) is 2.55. The van der Waals surface area contributed by atoms with Gasteiger partial charge in [0.15, 0.2) is 0 Å². The zero-order valence-corrected chi connectivity index (χ0v) is 11.0. The number of aromatic nitrogens is 2. The van der Waals surface area contributed by atoms with E-state index in [0.717, 1.165) is 35.3 Å². The summed E-state index contributed by atoms with van der Waals surface area (Å²) in [6, 6.07) is 3.10. The van der Waals surface area contributed by atoms with Crippen LogP contribution in [0.2, 0.25) is 0 Å². The van der Waals surface area contributed by atoms with Crippen molar-refractivity contribution in [3.8, 4) is 5.69 Å². The van der Waals surface area contributed by atoms with Crippen LogP contribution in [0.1, 0.15) is 10.4 Å². The number of hydrogen-bond donors (Lipinski definition) is 2. The normalized spacial score (nSPS) is 11.3. The van der Waals surface area contributed by atoms with Crippen LogP contribution < -0.4 is 5.14 Å². The number of aromatic carboxylic acids is 1. The molecule has 3 N–H and O–H groups in total. The Labute approximate surface area is 117 Å². The molecule has 0 spiro atoms. The number of rotatable bonds is 4. The number of carboxylic acid groups (broad SMARTS) is 1. The van der Waals surface area contributed by atoms with Gasteiger partial charge >= 0.3 is 11.7 Å². The standard InChI is InChI=1S/C10H8N4O6S/c11-21(19,20)7-1-2-9(8(3-7)10(15)16)13-5-6(4-12-13)14(17)18/h1-5H,(H,15,16)(H2,11,19,20). The number of sulfonamides is 1. The fourth-order valence-corrected chi connectivity index (χ4v) is 2.14. The monoisotopic (exact) mass is 312 g/mol. The minimum atomic E-state index is -4.07. The second-order valence-corrected chi connectivity index (χ2v) is 5.49. The molecule has 110 valence electrons. The Morgan fingerprint density at radius 3 is 2.57 bits per heavy atom. The van der Waals surface area contributed by atoms with Gasteiger partial charge < -0.3 is 5.11 Å². The van der Waals surface area contributed by atoms with Gasteiger partial charge in [0, 0.05) is 0 Å². The minimum absolute atomic E-state index is 0.0250. The first-order valence-corrected chi connectivity index (χ1v) is 6.84. The highest BCUT2D eigenvalue weighted by Gasteiger charge is 2.19. The lowest BCUT2D eigenvalue weighted by Crippen LogP contribution is -2.14. The fraction of sp³-hybridized carbons (Fsp3) is 0. The Bertz CT molecular complexity index is 841. The van der Waals surface area contributed by atoms with Gasteiger partial charge in [-0.05, 0) is 18.2 Å². The first-order valence-electron chi connectivity index (χ1n) is 5.30. The minimum Gasteiger partial charge on any atom is -0.478 e. The van der Waals surface area contributed by atoms with Gasteiger partial charge in [0.25, 0.3) is 0 Å². The highest BCUT2D eigenvalue weighted by atomic mass is 32.2. The molecule has 0 amide bonds. The van der Waals surface area contributed by atoms with E-state index in [9.17, 15) is 23.3 Å². The molecule has 0 fully saturated rings. The SMILES string of the molecule is NS(=O)(=O)c1ccc(-n2cc([N+](=O)[O-])cn2)c(C(=O)O)c1. The number of nitrogens with zero attached hydrogens (tertiary/aromatic N) is 3. The molecular formula is C10H8N4O6S. The van der Waals surface area contributed by atoms with E-state index >= 15 is 0 Å². The molecule has 0 atom stereocenters. The lowest BCUT2D eigenvalue weighted by Gasteiger charge is -2.07. The second-order valence-electron chi connectivity index (χ2n) is 3.93. The van der Waals surface area contributed by atoms with Crippen LogP contribution in [0.25, 0.3) is 5.69 Å². The summed E-state index contributed by atoms with van der Waals surface area (Å²) in [6.45, 7) is 0. The number of nitro groups is 1. The van der Waals surface area contributed by atoms with Crippen molar-refractivity contribution in [2.24, 2.45) is 5.14 Å². The van der Waals surface area contributed by atoms with Crippen LogP contribution in [0.3, 0.4) is 0 Å². The molecule has 1 heterocycles. The maximum absolute atomic E-state index is 11.2. The predicted molar refractivity (Wildman–Crippen MR) is 68.6 cm³/mol. The van der Waals surface area contributed by atoms with Crippen LogP contribution in [0.4, 0.5) is 5.69 Å². The van der Waals surface area contributed by atoms with E-state index in [0.29, 0.717) is 0 Å². The van der Waals surface area contributed by atoms with Crippen molar-refractivity contribution in [1.82, 2.24) is 9.78 Å². The summed E-state index contributed by atoms with van der Waals surface area (Å²) in [5.74, 6) is -1.42. The lowest BCUT2D eigenvalue weighted by atomic mass is 10.2. The molecule has 0 aliphatic carbocycles. The van der Waals surface area contributed by atoms with E-state index in [-0.39, 0.29) is 16.3 Å². The van der Waals surface area contributed by atoms with Gasteiger partial charge in [-0.15, -0.1) is 0 Å². The fourth-order valence-electron chi connectivity index (χ4n) is 1.60. The molecule has 10 nitrogen and oxygen atoms in total. The van der Waals surface area contributed by atoms with Crippen molar-refractivity contribution in [1.29, 1.82) is 0 Å². The maximum Gasteiger partial charge on any atom is 0.337 e. The van der Waals surface area contributed by atoms with E-state index in [1.54, 1.807) is 0 Å². The first kappa shape index (κ1) is 14.6. The predicted octanol–water partition coefficient (Wildman–Crippen LogP) is 0.126. The number of carboxylic acids is 1. The Morgan fingerprint density at radius 1 is 1.43 bits per heavy atom. The summed E-state index contributed by atoms with van der Waals surface area (Å²) in [5.41, 5.74) is -0.760. The Morgan fingerprint density at radius 2 is 2.10 bits per heavy atom. The summed E-state index contributed by atoms with van der Waals surface area (Å²) in [6.07, 6.45) is 1.96. The van der Waals surface area contributed by atoms with Crippen LogP contribution in [0.15, 0.2) is 35.5 Å². The third-order valence-corrected chi connectivity index (χ3v) is 3.46. The van der Waals surface area contributed by atoms with Gasteiger partial charge in [0.2, 0.25) is 10.0 Å². The number of hydrogen-bond acceptors (Lipinski definition) is 6. The van der Waals surface area contributed by atoms with E-state index in [2.05, 4.69) is 5.10 Å². The highest BCUT2D eigenvalue weighted by Crippen LogP contribution is 2.20. The van der Waals surface area contributed by atoms with E-state index in [1.807, 2.05) is 0 Å². The largest absolute Gasteiger partial charge is 0.478 e. The molecule has 11 heteroatoms. The van der Waals surface area contributed by atoms with Crippen molar-refractivity contribution in [2.75, 3.05) is 0 Å². The Balaban J connectivity index is 2.63. The molecule has 0 aliphatic heterocycles. The maximum atomic E-state index is 11.2. The molecule has 2 rings (SSSR count). The average molecular weight is 312 g/mol. The van der Waals surface area contributed by atoms with Crippen molar-refractivity contribution in [3.63, 3.8) is 0 Å².